The van der Waals surface area contributed by atoms with Crippen molar-refractivity contribution in [2.75, 3.05) is 25.6 Å². The van der Waals surface area contributed by atoms with E-state index >= 15 is 0 Å². The van der Waals surface area contributed by atoms with Gasteiger partial charge in [-0.2, -0.15) is 0 Å². The van der Waals surface area contributed by atoms with E-state index in [0.29, 0.717) is 24.4 Å². The minimum Gasteiger partial charge on any atom is -0.385 e. The maximum absolute atomic E-state index is 12.0. The standard InChI is InChI=1S/C15H18N4O3S/c1-10-18-19-15(23-10)14(21)17-12-6-3-5-11(9-12)13(20)16-7-4-8-22-2/h3,5-6,9H,4,7-8H2,1-2H3,(H,16,20)(H,17,21). The highest BCUT2D eigenvalue weighted by Gasteiger charge is 2.12. The topological polar surface area (TPSA) is 93.2 Å². The summed E-state index contributed by atoms with van der Waals surface area (Å²) < 4.78 is 4.93. The second-order valence-electron chi connectivity index (χ2n) is 4.76. The van der Waals surface area contributed by atoms with Crippen LogP contribution in [0, 0.1) is 6.92 Å². The average molecular weight is 334 g/mol. The molecule has 0 aliphatic carbocycles. The molecule has 0 aliphatic rings. The van der Waals surface area contributed by atoms with Crippen LogP contribution in [0.3, 0.4) is 0 Å². The molecule has 0 unspecified atom stereocenters. The fourth-order valence-electron chi connectivity index (χ4n) is 1.83. The number of hydrogen-bond acceptors (Lipinski definition) is 6. The zero-order chi connectivity index (χ0) is 16.7. The molecule has 0 bridgehead atoms. The number of carbonyl (C=O) groups excluding carboxylic acids is 2. The van der Waals surface area contributed by atoms with Crippen LogP contribution in [0.25, 0.3) is 0 Å². The van der Waals surface area contributed by atoms with Crippen LogP contribution >= 0.6 is 11.3 Å². The molecule has 122 valence electrons. The van der Waals surface area contributed by atoms with Crippen LogP contribution in [0.4, 0.5) is 5.69 Å². The third kappa shape index (κ3) is 5.11. The van der Waals surface area contributed by atoms with Crippen LogP contribution < -0.4 is 10.6 Å². The summed E-state index contributed by atoms with van der Waals surface area (Å²) in [4.78, 5) is 24.1. The van der Waals surface area contributed by atoms with E-state index in [2.05, 4.69) is 20.8 Å². The van der Waals surface area contributed by atoms with E-state index in [-0.39, 0.29) is 16.8 Å². The number of methoxy groups -OCH3 is 1. The van der Waals surface area contributed by atoms with Crippen molar-refractivity contribution in [2.24, 2.45) is 0 Å². The van der Waals surface area contributed by atoms with E-state index in [1.54, 1.807) is 38.3 Å². The van der Waals surface area contributed by atoms with Crippen molar-refractivity contribution in [1.82, 2.24) is 15.5 Å². The Morgan fingerprint density at radius 2 is 2.09 bits per heavy atom. The van der Waals surface area contributed by atoms with Crippen LogP contribution in [0.5, 0.6) is 0 Å². The predicted molar refractivity (Wildman–Crippen MR) is 87.9 cm³/mol. The van der Waals surface area contributed by atoms with Crippen molar-refractivity contribution in [3.8, 4) is 0 Å². The summed E-state index contributed by atoms with van der Waals surface area (Å²) in [5.74, 6) is -0.530. The van der Waals surface area contributed by atoms with Gasteiger partial charge in [0.25, 0.3) is 11.8 Å². The van der Waals surface area contributed by atoms with E-state index in [0.717, 1.165) is 11.4 Å². The molecule has 23 heavy (non-hydrogen) atoms. The first kappa shape index (κ1) is 17.0. The average Bonchev–Trinajstić information content (AvgIpc) is 2.98. The molecule has 0 saturated heterocycles. The Morgan fingerprint density at radius 3 is 2.78 bits per heavy atom. The van der Waals surface area contributed by atoms with Gasteiger partial charge >= 0.3 is 0 Å². The lowest BCUT2D eigenvalue weighted by Crippen LogP contribution is -2.25. The quantitative estimate of drug-likeness (QED) is 0.754. The minimum absolute atomic E-state index is 0.191. The van der Waals surface area contributed by atoms with Crippen molar-refractivity contribution in [3.63, 3.8) is 0 Å². The van der Waals surface area contributed by atoms with Crippen LogP contribution in [0.1, 0.15) is 31.6 Å². The van der Waals surface area contributed by atoms with Crippen molar-refractivity contribution in [3.05, 3.63) is 39.8 Å². The summed E-state index contributed by atoms with van der Waals surface area (Å²) in [6, 6.07) is 6.74. The molecule has 7 nitrogen and oxygen atoms in total. The normalized spacial score (nSPS) is 10.3. The van der Waals surface area contributed by atoms with Gasteiger partial charge in [-0.15, -0.1) is 10.2 Å². The second-order valence-corrected chi connectivity index (χ2v) is 5.95. The molecule has 0 atom stereocenters. The number of amides is 2. The molecule has 1 aromatic heterocycles. The second kappa shape index (κ2) is 8.35. The van der Waals surface area contributed by atoms with Crippen molar-refractivity contribution in [1.29, 1.82) is 0 Å². The molecule has 0 aliphatic heterocycles. The molecule has 1 heterocycles. The third-order valence-electron chi connectivity index (χ3n) is 2.91. The Bertz CT molecular complexity index is 687. The predicted octanol–water partition coefficient (Wildman–Crippen LogP) is 1.87. The molecular weight excluding hydrogens is 316 g/mol. The number of carbonyl (C=O) groups is 2. The highest BCUT2D eigenvalue weighted by Crippen LogP contribution is 2.14. The first-order valence-corrected chi connectivity index (χ1v) is 7.90. The lowest BCUT2D eigenvalue weighted by atomic mass is 10.2. The molecule has 2 aromatic rings. The van der Waals surface area contributed by atoms with E-state index in [4.69, 9.17) is 4.74 Å². The summed E-state index contributed by atoms with van der Waals surface area (Å²) in [6.07, 6.45) is 0.745. The Hall–Kier alpha value is -2.32. The van der Waals surface area contributed by atoms with Crippen LogP contribution in [0.2, 0.25) is 0 Å². The first-order valence-electron chi connectivity index (χ1n) is 7.09. The van der Waals surface area contributed by atoms with Gasteiger partial charge in [-0.3, -0.25) is 9.59 Å². The zero-order valence-electron chi connectivity index (χ0n) is 13.0. The van der Waals surface area contributed by atoms with Crippen LogP contribution in [0.15, 0.2) is 24.3 Å². The van der Waals surface area contributed by atoms with Gasteiger partial charge in [-0.1, -0.05) is 17.4 Å². The number of hydrogen-bond donors (Lipinski definition) is 2. The number of rotatable bonds is 7. The molecule has 0 spiro atoms. The molecule has 0 saturated carbocycles. The lowest BCUT2D eigenvalue weighted by molar-refractivity contribution is 0.0947. The highest BCUT2D eigenvalue weighted by molar-refractivity contribution is 7.13. The Kier molecular flexibility index (Phi) is 6.19. The molecule has 1 aromatic carbocycles. The summed E-state index contributed by atoms with van der Waals surface area (Å²) >= 11 is 1.22. The van der Waals surface area contributed by atoms with Gasteiger partial charge in [0, 0.05) is 31.5 Å². The maximum atomic E-state index is 12.0. The number of anilines is 1. The number of nitrogens with one attached hydrogen (secondary N) is 2. The number of ether oxygens (including phenoxy) is 1. The Labute approximate surface area is 138 Å². The minimum atomic E-state index is -0.340. The van der Waals surface area contributed by atoms with Gasteiger partial charge in [0.2, 0.25) is 5.01 Å². The molecule has 8 heteroatoms. The molecule has 2 amide bonds. The van der Waals surface area contributed by atoms with Gasteiger partial charge in [-0.25, -0.2) is 0 Å². The van der Waals surface area contributed by atoms with E-state index in [1.807, 2.05) is 0 Å². The summed E-state index contributed by atoms with van der Waals surface area (Å²) in [5, 5.41) is 14.1. The highest BCUT2D eigenvalue weighted by atomic mass is 32.1. The molecule has 2 N–H and O–H groups in total. The summed E-state index contributed by atoms with van der Waals surface area (Å²) in [7, 11) is 1.62. The summed E-state index contributed by atoms with van der Waals surface area (Å²) in [5.41, 5.74) is 1.01. The van der Waals surface area contributed by atoms with Gasteiger partial charge in [0.1, 0.15) is 5.01 Å². The number of benzene rings is 1. The molecule has 2 rings (SSSR count). The monoisotopic (exact) mass is 334 g/mol. The molecule has 0 radical (unpaired) electrons. The fraction of sp³-hybridized carbons (Fsp3) is 0.333. The lowest BCUT2D eigenvalue weighted by Gasteiger charge is -2.07. The van der Waals surface area contributed by atoms with Gasteiger partial charge in [-0.05, 0) is 31.5 Å². The zero-order valence-corrected chi connectivity index (χ0v) is 13.8. The van der Waals surface area contributed by atoms with Gasteiger partial charge in [0.15, 0.2) is 0 Å². The van der Waals surface area contributed by atoms with E-state index < -0.39 is 0 Å². The SMILES string of the molecule is COCCCNC(=O)c1cccc(NC(=O)c2nnc(C)s2)c1. The Balaban J connectivity index is 1.96. The van der Waals surface area contributed by atoms with E-state index in [9.17, 15) is 9.59 Å². The van der Waals surface area contributed by atoms with Crippen molar-refractivity contribution >= 4 is 28.8 Å². The first-order chi connectivity index (χ1) is 11.1. The number of aromatic nitrogens is 2. The van der Waals surface area contributed by atoms with Crippen molar-refractivity contribution in [2.45, 2.75) is 13.3 Å². The largest absolute Gasteiger partial charge is 0.385 e. The third-order valence-corrected chi connectivity index (χ3v) is 3.75. The van der Waals surface area contributed by atoms with E-state index in [1.165, 1.54) is 11.3 Å². The van der Waals surface area contributed by atoms with Crippen LogP contribution in [-0.4, -0.2) is 42.3 Å². The van der Waals surface area contributed by atoms with Gasteiger partial charge in [0.05, 0.1) is 0 Å². The fourth-order valence-corrected chi connectivity index (χ4v) is 2.42. The maximum Gasteiger partial charge on any atom is 0.286 e. The van der Waals surface area contributed by atoms with Crippen molar-refractivity contribution < 1.29 is 14.3 Å². The van der Waals surface area contributed by atoms with Gasteiger partial charge < -0.3 is 15.4 Å². The molecule has 0 fully saturated rings. The molecular formula is C15H18N4O3S. The number of nitrogens with zero attached hydrogens (tertiary/aromatic N) is 2. The summed E-state index contributed by atoms with van der Waals surface area (Å²) in [6.45, 7) is 2.91. The van der Waals surface area contributed by atoms with Crippen LogP contribution in [-0.2, 0) is 4.74 Å². The number of aryl methyl sites for hydroxylation is 1. The smallest absolute Gasteiger partial charge is 0.286 e. The Morgan fingerprint density at radius 1 is 1.26 bits per heavy atom.